The van der Waals surface area contributed by atoms with E-state index in [4.69, 9.17) is 32.7 Å². The molecule has 3 heterocycles. The summed E-state index contributed by atoms with van der Waals surface area (Å²) in [4.78, 5) is 17.4. The number of aromatic nitrogens is 3. The summed E-state index contributed by atoms with van der Waals surface area (Å²) in [5.74, 6) is 0.718. The molecule has 5 rings (SSSR count). The minimum absolute atomic E-state index is 0.0993. The number of nitrogens with zero attached hydrogens (tertiary/aromatic N) is 3. The van der Waals surface area contributed by atoms with Gasteiger partial charge in [0.05, 0.1) is 14.6 Å². The van der Waals surface area contributed by atoms with Crippen LogP contribution in [0.25, 0.3) is 22.4 Å². The van der Waals surface area contributed by atoms with Crippen LogP contribution < -0.4 is 19.6 Å². The van der Waals surface area contributed by atoms with E-state index in [0.29, 0.717) is 21.0 Å². The van der Waals surface area contributed by atoms with Gasteiger partial charge in [0.2, 0.25) is 11.8 Å². The van der Waals surface area contributed by atoms with Crippen molar-refractivity contribution in [1.29, 1.82) is 0 Å². The van der Waals surface area contributed by atoms with Gasteiger partial charge in [0.1, 0.15) is 5.82 Å². The lowest BCUT2D eigenvalue weighted by Crippen LogP contribution is -2.23. The Bertz CT molecular complexity index is 1370. The molecule has 6 nitrogen and oxygen atoms in total. The predicted octanol–water partition coefficient (Wildman–Crippen LogP) is 3.54. The van der Waals surface area contributed by atoms with E-state index in [-0.39, 0.29) is 33.8 Å². The van der Waals surface area contributed by atoms with Crippen molar-refractivity contribution >= 4 is 45.6 Å². The summed E-state index contributed by atoms with van der Waals surface area (Å²) in [5, 5.41) is 4.28. The van der Waals surface area contributed by atoms with Gasteiger partial charge in [0, 0.05) is 11.1 Å². The molecule has 28 heavy (non-hydrogen) atoms. The number of fused-ring (bicyclic) bond motifs is 2. The van der Waals surface area contributed by atoms with Crippen molar-refractivity contribution in [2.75, 3.05) is 6.79 Å². The van der Waals surface area contributed by atoms with E-state index in [1.165, 1.54) is 6.07 Å². The van der Waals surface area contributed by atoms with Gasteiger partial charge in [-0.05, 0) is 24.3 Å². The second-order valence-corrected chi connectivity index (χ2v) is 7.70. The van der Waals surface area contributed by atoms with Gasteiger partial charge in [0.25, 0.3) is 5.56 Å². The zero-order valence-electron chi connectivity index (χ0n) is 13.8. The first-order valence-electron chi connectivity index (χ1n) is 7.96. The van der Waals surface area contributed by atoms with Crippen molar-refractivity contribution in [3.63, 3.8) is 0 Å². The molecule has 2 aromatic heterocycles. The fraction of sp³-hybridized carbons (Fsp3) is 0.0556. The fourth-order valence-corrected chi connectivity index (χ4v) is 4.22. The molecule has 1 aliphatic rings. The number of thiazole rings is 1. The highest BCUT2D eigenvalue weighted by molar-refractivity contribution is 7.15. The molecule has 4 aromatic rings. The molecule has 0 spiro atoms. The van der Waals surface area contributed by atoms with E-state index in [1.807, 2.05) is 12.1 Å². The second kappa shape index (κ2) is 6.44. The van der Waals surface area contributed by atoms with Crippen molar-refractivity contribution in [1.82, 2.24) is 14.6 Å². The van der Waals surface area contributed by atoms with Gasteiger partial charge in [-0.2, -0.15) is 9.50 Å². The third-order valence-electron chi connectivity index (χ3n) is 4.15. The van der Waals surface area contributed by atoms with Gasteiger partial charge < -0.3 is 9.47 Å². The van der Waals surface area contributed by atoms with Crippen molar-refractivity contribution in [3.8, 4) is 22.9 Å². The monoisotopic (exact) mass is 435 g/mol. The number of rotatable bonds is 2. The first-order chi connectivity index (χ1) is 13.5. The molecule has 1 aliphatic heterocycles. The predicted molar refractivity (Wildman–Crippen MR) is 104 cm³/mol. The lowest BCUT2D eigenvalue weighted by Gasteiger charge is -2.01. The van der Waals surface area contributed by atoms with Crippen LogP contribution in [-0.4, -0.2) is 21.4 Å². The smallest absolute Gasteiger partial charge is 0.291 e. The Balaban J connectivity index is 1.63. The Morgan fingerprint density at radius 1 is 1.21 bits per heavy atom. The van der Waals surface area contributed by atoms with Gasteiger partial charge in [0.15, 0.2) is 17.3 Å². The molecule has 0 saturated heterocycles. The van der Waals surface area contributed by atoms with Crippen LogP contribution in [0.3, 0.4) is 0 Å². The third kappa shape index (κ3) is 2.72. The van der Waals surface area contributed by atoms with Crippen LogP contribution in [0.15, 0.2) is 35.1 Å². The van der Waals surface area contributed by atoms with Gasteiger partial charge in [-0.3, -0.25) is 4.79 Å². The van der Waals surface area contributed by atoms with E-state index in [2.05, 4.69) is 10.1 Å². The molecule has 140 valence electrons. The number of benzene rings is 2. The van der Waals surface area contributed by atoms with E-state index in [0.717, 1.165) is 27.5 Å². The number of para-hydroxylation sites is 1. The molecule has 0 bridgehead atoms. The maximum atomic E-state index is 13.8. The highest BCUT2D eigenvalue weighted by Gasteiger charge is 2.18. The van der Waals surface area contributed by atoms with Crippen LogP contribution in [0, 0.1) is 5.82 Å². The quantitative estimate of drug-likeness (QED) is 0.450. The zero-order chi connectivity index (χ0) is 19.4. The topological polar surface area (TPSA) is 65.7 Å². The van der Waals surface area contributed by atoms with Crippen LogP contribution >= 0.6 is 34.5 Å². The van der Waals surface area contributed by atoms with E-state index in [9.17, 15) is 9.18 Å². The first kappa shape index (κ1) is 17.4. The molecule has 0 unspecified atom stereocenters. The fourth-order valence-electron chi connectivity index (χ4n) is 2.85. The van der Waals surface area contributed by atoms with Crippen LogP contribution in [-0.2, 0) is 0 Å². The highest BCUT2D eigenvalue weighted by Crippen LogP contribution is 2.35. The number of ether oxygens (including phenoxy) is 2. The van der Waals surface area contributed by atoms with Gasteiger partial charge in [-0.15, -0.1) is 5.10 Å². The van der Waals surface area contributed by atoms with Crippen LogP contribution in [0.5, 0.6) is 11.5 Å². The maximum absolute atomic E-state index is 13.8. The molecule has 0 aliphatic carbocycles. The lowest BCUT2D eigenvalue weighted by atomic mass is 10.2. The van der Waals surface area contributed by atoms with Crippen LogP contribution in [0.4, 0.5) is 4.39 Å². The van der Waals surface area contributed by atoms with Gasteiger partial charge in [-0.25, -0.2) is 4.39 Å². The summed E-state index contributed by atoms with van der Waals surface area (Å²) in [6.45, 7) is 0.140. The molecule has 0 atom stereocenters. The molecule has 0 N–H and O–H groups in total. The summed E-state index contributed by atoms with van der Waals surface area (Å²) in [6.07, 6.45) is 1.70. The second-order valence-electron chi connectivity index (χ2n) is 5.87. The molecule has 0 fully saturated rings. The third-order valence-corrected chi connectivity index (χ3v) is 5.71. The molecule has 2 aromatic carbocycles. The Kier molecular flexibility index (Phi) is 4.01. The molecule has 0 radical (unpaired) electrons. The highest BCUT2D eigenvalue weighted by atomic mass is 35.5. The van der Waals surface area contributed by atoms with E-state index < -0.39 is 5.82 Å². The largest absolute Gasteiger partial charge is 0.454 e. The summed E-state index contributed by atoms with van der Waals surface area (Å²) >= 11 is 13.0. The molecule has 0 saturated carbocycles. The summed E-state index contributed by atoms with van der Waals surface area (Å²) in [7, 11) is 0. The van der Waals surface area contributed by atoms with Crippen molar-refractivity contribution in [2.45, 2.75) is 0 Å². The number of hydrogen-bond acceptors (Lipinski definition) is 6. The van der Waals surface area contributed by atoms with E-state index >= 15 is 0 Å². The Morgan fingerprint density at radius 3 is 2.89 bits per heavy atom. The summed E-state index contributed by atoms with van der Waals surface area (Å²) in [6, 6.07) is 7.85. The number of halogens is 3. The summed E-state index contributed by atoms with van der Waals surface area (Å²) in [5.41, 5.74) is 0.635. The Hall–Kier alpha value is -2.68. The molecule has 0 amide bonds. The van der Waals surface area contributed by atoms with Gasteiger partial charge in [-0.1, -0.05) is 46.7 Å². The minimum atomic E-state index is -0.643. The van der Waals surface area contributed by atoms with Crippen molar-refractivity contribution in [3.05, 3.63) is 66.6 Å². The SMILES string of the molecule is O=c1/c(=C/c2cccc3c2OCO3)sc2nc(-c3cc(F)c(Cl)cc3Cl)nn12. The normalized spacial score (nSPS) is 13.6. The average Bonchev–Trinajstić information content (AvgIpc) is 3.36. The van der Waals surface area contributed by atoms with Crippen molar-refractivity contribution < 1.29 is 13.9 Å². The van der Waals surface area contributed by atoms with Crippen molar-refractivity contribution in [2.24, 2.45) is 0 Å². The Labute approximate surface area is 170 Å². The molecular formula is C18H8Cl2FN3O3S. The summed E-state index contributed by atoms with van der Waals surface area (Å²) < 4.78 is 26.2. The zero-order valence-corrected chi connectivity index (χ0v) is 16.1. The average molecular weight is 436 g/mol. The van der Waals surface area contributed by atoms with E-state index in [1.54, 1.807) is 12.1 Å². The Morgan fingerprint density at radius 2 is 2.07 bits per heavy atom. The lowest BCUT2D eigenvalue weighted by molar-refractivity contribution is 0.174. The minimum Gasteiger partial charge on any atom is -0.454 e. The maximum Gasteiger partial charge on any atom is 0.291 e. The van der Waals surface area contributed by atoms with Crippen LogP contribution in [0.1, 0.15) is 5.56 Å². The standard InChI is InChI=1S/C18H8Cl2FN3O3S/c19-10-6-11(20)12(21)5-9(10)16-22-18-24(23-16)17(25)14(28-18)4-8-2-1-3-13-15(8)27-7-26-13/h1-6H,7H2/b14-4-. The first-order valence-corrected chi connectivity index (χ1v) is 9.53. The molecule has 10 heteroatoms. The molecular weight excluding hydrogens is 428 g/mol. The number of hydrogen-bond donors (Lipinski definition) is 0. The van der Waals surface area contributed by atoms with Crippen LogP contribution in [0.2, 0.25) is 10.0 Å². The van der Waals surface area contributed by atoms with Gasteiger partial charge >= 0.3 is 0 Å².